The highest BCUT2D eigenvalue weighted by atomic mass is 16.5. The zero-order chi connectivity index (χ0) is 14.3. The molecule has 1 aromatic carbocycles. The van der Waals surface area contributed by atoms with Gasteiger partial charge in [-0.15, -0.1) is 0 Å². The zero-order valence-electron chi connectivity index (χ0n) is 12.5. The molecule has 0 heterocycles. The third-order valence-electron chi connectivity index (χ3n) is 3.14. The Hall–Kier alpha value is -0.900. The van der Waals surface area contributed by atoms with Crippen molar-refractivity contribution < 1.29 is 9.84 Å². The van der Waals surface area contributed by atoms with Crippen molar-refractivity contribution in [3.05, 3.63) is 35.9 Å². The highest BCUT2D eigenvalue weighted by molar-refractivity contribution is 5.25. The van der Waals surface area contributed by atoms with Gasteiger partial charge in [0.25, 0.3) is 0 Å². The summed E-state index contributed by atoms with van der Waals surface area (Å²) in [6.07, 6.45) is 0.968. The molecule has 19 heavy (non-hydrogen) atoms. The lowest BCUT2D eigenvalue weighted by molar-refractivity contribution is 0.0425. The maximum atomic E-state index is 9.93. The second kappa shape index (κ2) is 7.63. The van der Waals surface area contributed by atoms with Crippen LogP contribution in [-0.2, 0) is 10.3 Å². The Labute approximate surface area is 117 Å². The summed E-state index contributed by atoms with van der Waals surface area (Å²) in [5.74, 6) is 0. The molecule has 0 saturated heterocycles. The Kier molecular flexibility index (Phi) is 6.49. The van der Waals surface area contributed by atoms with Gasteiger partial charge in [-0.25, -0.2) is 0 Å². The molecule has 0 fully saturated rings. The van der Waals surface area contributed by atoms with Crippen molar-refractivity contribution in [1.82, 2.24) is 5.32 Å². The molecule has 0 bridgehead atoms. The maximum absolute atomic E-state index is 9.93. The van der Waals surface area contributed by atoms with E-state index in [-0.39, 0.29) is 12.7 Å². The second-order valence-corrected chi connectivity index (χ2v) is 5.57. The monoisotopic (exact) mass is 265 g/mol. The molecule has 1 rings (SSSR count). The summed E-state index contributed by atoms with van der Waals surface area (Å²) in [5.41, 5.74) is 0.684. The van der Waals surface area contributed by atoms with Crippen LogP contribution >= 0.6 is 0 Å². The van der Waals surface area contributed by atoms with Gasteiger partial charge in [-0.2, -0.15) is 0 Å². The molecule has 0 radical (unpaired) electrons. The number of hydrogen-bond acceptors (Lipinski definition) is 3. The molecule has 1 unspecified atom stereocenters. The van der Waals surface area contributed by atoms with Gasteiger partial charge in [0.2, 0.25) is 0 Å². The van der Waals surface area contributed by atoms with E-state index in [1.54, 1.807) is 0 Å². The number of benzene rings is 1. The number of ether oxygens (including phenoxy) is 1. The lowest BCUT2D eigenvalue weighted by Crippen LogP contribution is -2.49. The van der Waals surface area contributed by atoms with Crippen LogP contribution < -0.4 is 5.32 Å². The molecule has 0 saturated carbocycles. The molecule has 1 aromatic rings. The van der Waals surface area contributed by atoms with E-state index >= 15 is 0 Å². The van der Waals surface area contributed by atoms with Crippen LogP contribution in [0.1, 0.15) is 39.7 Å². The number of hydrogen-bond donors (Lipinski definition) is 2. The quantitative estimate of drug-likeness (QED) is 0.759. The van der Waals surface area contributed by atoms with E-state index in [4.69, 9.17) is 4.74 Å². The van der Waals surface area contributed by atoms with Crippen LogP contribution in [0.5, 0.6) is 0 Å². The normalized spacial score (nSPS) is 14.9. The van der Waals surface area contributed by atoms with Crippen molar-refractivity contribution in [2.24, 2.45) is 0 Å². The van der Waals surface area contributed by atoms with Gasteiger partial charge in [0, 0.05) is 12.6 Å². The van der Waals surface area contributed by atoms with Gasteiger partial charge in [0.1, 0.15) is 0 Å². The minimum absolute atomic E-state index is 0.0661. The summed E-state index contributed by atoms with van der Waals surface area (Å²) in [4.78, 5) is 0. The van der Waals surface area contributed by atoms with Crippen molar-refractivity contribution in [3.8, 4) is 0 Å². The fraction of sp³-hybridized carbons (Fsp3) is 0.625. The number of aliphatic hydroxyl groups excluding tert-OH is 1. The molecule has 0 aromatic heterocycles. The number of rotatable bonds is 8. The van der Waals surface area contributed by atoms with E-state index in [0.29, 0.717) is 12.6 Å². The fourth-order valence-corrected chi connectivity index (χ4v) is 2.29. The molecule has 1 atom stereocenters. The lowest BCUT2D eigenvalue weighted by atomic mass is 9.87. The molecule has 3 heteroatoms. The van der Waals surface area contributed by atoms with Crippen LogP contribution in [-0.4, -0.2) is 30.5 Å². The van der Waals surface area contributed by atoms with Gasteiger partial charge < -0.3 is 15.2 Å². The number of aliphatic hydroxyl groups is 1. The highest BCUT2D eigenvalue weighted by Crippen LogP contribution is 2.25. The third-order valence-corrected chi connectivity index (χ3v) is 3.14. The van der Waals surface area contributed by atoms with Gasteiger partial charge in [0.15, 0.2) is 0 Å². The van der Waals surface area contributed by atoms with E-state index in [9.17, 15) is 5.11 Å². The van der Waals surface area contributed by atoms with E-state index in [2.05, 4.69) is 31.3 Å². The zero-order valence-corrected chi connectivity index (χ0v) is 12.5. The first-order valence-corrected chi connectivity index (χ1v) is 7.06. The van der Waals surface area contributed by atoms with Gasteiger partial charge in [-0.3, -0.25) is 0 Å². The molecule has 3 nitrogen and oxygen atoms in total. The molecule has 108 valence electrons. The Morgan fingerprint density at radius 2 is 1.79 bits per heavy atom. The third kappa shape index (κ3) is 4.94. The van der Waals surface area contributed by atoms with Gasteiger partial charge in [-0.05, 0) is 39.7 Å². The topological polar surface area (TPSA) is 41.5 Å². The predicted octanol–water partition coefficient (Wildman–Crippen LogP) is 2.69. The smallest absolute Gasteiger partial charge is 0.0693 e. The minimum Gasteiger partial charge on any atom is -0.394 e. The molecule has 0 aliphatic heterocycles. The van der Waals surface area contributed by atoms with Crippen LogP contribution in [0.2, 0.25) is 0 Å². The van der Waals surface area contributed by atoms with Crippen LogP contribution in [0, 0.1) is 0 Å². The summed E-state index contributed by atoms with van der Waals surface area (Å²) >= 11 is 0. The van der Waals surface area contributed by atoms with Crippen molar-refractivity contribution in [2.75, 3.05) is 13.2 Å². The van der Waals surface area contributed by atoms with Crippen LogP contribution in [0.15, 0.2) is 30.3 Å². The summed E-state index contributed by atoms with van der Waals surface area (Å²) in [6, 6.07) is 10.4. The summed E-state index contributed by atoms with van der Waals surface area (Å²) in [5, 5.41) is 13.4. The van der Waals surface area contributed by atoms with Crippen LogP contribution in [0.4, 0.5) is 0 Å². The SMILES string of the molecule is CC(C)NC(CO)(CCOC(C)C)c1ccccc1. The summed E-state index contributed by atoms with van der Waals surface area (Å²) < 4.78 is 5.65. The van der Waals surface area contributed by atoms with Crippen LogP contribution in [0.3, 0.4) is 0 Å². The number of nitrogens with one attached hydrogen (secondary N) is 1. The second-order valence-electron chi connectivity index (χ2n) is 5.57. The van der Waals surface area contributed by atoms with E-state index in [1.807, 2.05) is 32.0 Å². The van der Waals surface area contributed by atoms with Crippen molar-refractivity contribution >= 4 is 0 Å². The Morgan fingerprint density at radius 1 is 1.16 bits per heavy atom. The molecule has 0 spiro atoms. The van der Waals surface area contributed by atoms with Gasteiger partial charge in [0.05, 0.1) is 18.2 Å². The maximum Gasteiger partial charge on any atom is 0.0693 e. The first-order valence-electron chi connectivity index (χ1n) is 7.06. The average Bonchev–Trinajstić information content (AvgIpc) is 2.37. The standard InChI is InChI=1S/C16H27NO2/c1-13(2)17-16(12-18,10-11-19-14(3)4)15-8-6-5-7-9-15/h5-9,13-14,17-18H,10-12H2,1-4H3. The molecule has 0 aliphatic carbocycles. The van der Waals surface area contributed by atoms with Gasteiger partial charge in [-0.1, -0.05) is 30.3 Å². The predicted molar refractivity (Wildman–Crippen MR) is 79.2 cm³/mol. The molecule has 0 aliphatic rings. The van der Waals surface area contributed by atoms with E-state index < -0.39 is 5.54 Å². The summed E-state index contributed by atoms with van der Waals surface area (Å²) in [6.45, 7) is 8.94. The van der Waals surface area contributed by atoms with Crippen molar-refractivity contribution in [3.63, 3.8) is 0 Å². The van der Waals surface area contributed by atoms with Crippen molar-refractivity contribution in [2.45, 2.75) is 51.8 Å². The Morgan fingerprint density at radius 3 is 2.26 bits per heavy atom. The fourth-order valence-electron chi connectivity index (χ4n) is 2.29. The summed E-state index contributed by atoms with van der Waals surface area (Å²) in [7, 11) is 0. The lowest BCUT2D eigenvalue weighted by Gasteiger charge is -2.36. The molecule has 2 N–H and O–H groups in total. The van der Waals surface area contributed by atoms with E-state index in [1.165, 1.54) is 0 Å². The van der Waals surface area contributed by atoms with Crippen molar-refractivity contribution in [1.29, 1.82) is 0 Å². The molecular formula is C16H27NO2. The minimum atomic E-state index is -0.426. The molecule has 0 amide bonds. The Balaban J connectivity index is 2.88. The van der Waals surface area contributed by atoms with Gasteiger partial charge >= 0.3 is 0 Å². The molecular weight excluding hydrogens is 238 g/mol. The average molecular weight is 265 g/mol. The van der Waals surface area contributed by atoms with Crippen LogP contribution in [0.25, 0.3) is 0 Å². The largest absolute Gasteiger partial charge is 0.394 e. The highest BCUT2D eigenvalue weighted by Gasteiger charge is 2.31. The Bertz CT molecular complexity index is 351. The van der Waals surface area contributed by atoms with E-state index in [0.717, 1.165) is 12.0 Å². The first-order chi connectivity index (χ1) is 9.00. The first kappa shape index (κ1) is 16.2.